The lowest BCUT2D eigenvalue weighted by Crippen LogP contribution is -2.06. The van der Waals surface area contributed by atoms with Crippen molar-refractivity contribution in [3.05, 3.63) is 56.5 Å². The van der Waals surface area contributed by atoms with E-state index in [2.05, 4.69) is 15.9 Å². The Morgan fingerprint density at radius 2 is 2.10 bits per heavy atom. The zero-order chi connectivity index (χ0) is 15.0. The van der Waals surface area contributed by atoms with Gasteiger partial charge in [-0.3, -0.25) is 4.79 Å². The Labute approximate surface area is 136 Å². The number of hydrogen-bond donors (Lipinski definition) is 0. The maximum atomic E-state index is 12.9. The minimum absolute atomic E-state index is 0.159. The van der Waals surface area contributed by atoms with Crippen molar-refractivity contribution >= 4 is 33.3 Å². The summed E-state index contributed by atoms with van der Waals surface area (Å²) in [6.45, 7) is 0.596. The molecule has 2 aromatic rings. The van der Waals surface area contributed by atoms with Crippen molar-refractivity contribution in [2.75, 3.05) is 13.7 Å². The smallest absolute Gasteiger partial charge is 0.200 e. The molecule has 0 radical (unpaired) electrons. The number of methoxy groups -OCH3 is 1. The first-order valence-corrected chi connectivity index (χ1v) is 7.60. The molecule has 0 saturated carbocycles. The summed E-state index contributed by atoms with van der Waals surface area (Å²) in [6, 6.07) is 8.75. The van der Waals surface area contributed by atoms with Gasteiger partial charge in [-0.25, -0.2) is 0 Å². The standard InChI is InChI=1S/C16H12BrClO3/c1-20-14-3-2-11(18)8-12(14)15(19)13-7-10(17)6-9-4-5-21-16(9)13/h2-3,6-8H,4-5H2,1H3. The van der Waals surface area contributed by atoms with E-state index in [0.29, 0.717) is 34.3 Å². The number of carbonyl (C=O) groups excluding carboxylic acids is 1. The normalized spacial score (nSPS) is 12.7. The Hall–Kier alpha value is -1.52. The third-order valence-corrected chi connectivity index (χ3v) is 4.09. The van der Waals surface area contributed by atoms with Crippen LogP contribution < -0.4 is 9.47 Å². The highest BCUT2D eigenvalue weighted by Gasteiger charge is 2.24. The first kappa shape index (κ1) is 14.4. The summed E-state index contributed by atoms with van der Waals surface area (Å²) in [6.07, 6.45) is 0.807. The average molecular weight is 368 g/mol. The van der Waals surface area contributed by atoms with E-state index in [1.165, 1.54) is 7.11 Å². The van der Waals surface area contributed by atoms with Crippen molar-refractivity contribution in [2.24, 2.45) is 0 Å². The summed E-state index contributed by atoms with van der Waals surface area (Å²) in [7, 11) is 1.53. The molecule has 1 heterocycles. The van der Waals surface area contributed by atoms with E-state index >= 15 is 0 Å². The van der Waals surface area contributed by atoms with E-state index in [1.807, 2.05) is 6.07 Å². The second kappa shape index (κ2) is 5.70. The number of carbonyl (C=O) groups is 1. The lowest BCUT2D eigenvalue weighted by molar-refractivity contribution is 0.103. The van der Waals surface area contributed by atoms with Crippen molar-refractivity contribution in [3.63, 3.8) is 0 Å². The highest BCUT2D eigenvalue weighted by atomic mass is 79.9. The molecule has 0 atom stereocenters. The van der Waals surface area contributed by atoms with Gasteiger partial charge in [0.25, 0.3) is 0 Å². The zero-order valence-corrected chi connectivity index (χ0v) is 13.6. The Bertz CT molecular complexity index is 728. The molecule has 1 aliphatic heterocycles. The van der Waals surface area contributed by atoms with Gasteiger partial charge >= 0.3 is 0 Å². The van der Waals surface area contributed by atoms with Crippen LogP contribution in [0.4, 0.5) is 0 Å². The molecule has 0 aliphatic carbocycles. The molecule has 108 valence electrons. The van der Waals surface area contributed by atoms with E-state index in [-0.39, 0.29) is 5.78 Å². The van der Waals surface area contributed by atoms with Crippen LogP contribution in [0, 0.1) is 0 Å². The number of benzene rings is 2. The molecule has 0 spiro atoms. The first-order valence-electron chi connectivity index (χ1n) is 6.43. The fraction of sp³-hybridized carbons (Fsp3) is 0.188. The molecule has 0 bridgehead atoms. The maximum Gasteiger partial charge on any atom is 0.200 e. The van der Waals surface area contributed by atoms with Crippen LogP contribution in [0.3, 0.4) is 0 Å². The molecule has 2 aromatic carbocycles. The van der Waals surface area contributed by atoms with Gasteiger partial charge in [0.2, 0.25) is 5.78 Å². The maximum absolute atomic E-state index is 12.9. The van der Waals surface area contributed by atoms with Crippen molar-refractivity contribution in [2.45, 2.75) is 6.42 Å². The zero-order valence-electron chi connectivity index (χ0n) is 11.3. The fourth-order valence-corrected chi connectivity index (χ4v) is 3.12. The van der Waals surface area contributed by atoms with Gasteiger partial charge in [-0.2, -0.15) is 0 Å². The number of rotatable bonds is 3. The summed E-state index contributed by atoms with van der Waals surface area (Å²) in [5, 5.41) is 0.492. The highest BCUT2D eigenvalue weighted by molar-refractivity contribution is 9.10. The third-order valence-electron chi connectivity index (χ3n) is 3.40. The predicted molar refractivity (Wildman–Crippen MR) is 84.8 cm³/mol. The molecular weight excluding hydrogens is 356 g/mol. The van der Waals surface area contributed by atoms with Gasteiger partial charge in [0.15, 0.2) is 0 Å². The Morgan fingerprint density at radius 1 is 1.29 bits per heavy atom. The van der Waals surface area contributed by atoms with Gasteiger partial charge in [-0.15, -0.1) is 0 Å². The minimum atomic E-state index is -0.159. The predicted octanol–water partition coefficient (Wildman–Crippen LogP) is 4.28. The average Bonchev–Trinajstić information content (AvgIpc) is 2.93. The van der Waals surface area contributed by atoms with Crippen molar-refractivity contribution in [3.8, 4) is 11.5 Å². The fourth-order valence-electron chi connectivity index (χ4n) is 2.44. The first-order chi connectivity index (χ1) is 10.1. The van der Waals surface area contributed by atoms with Gasteiger partial charge in [-0.1, -0.05) is 27.5 Å². The summed E-state index contributed by atoms with van der Waals surface area (Å²) < 4.78 is 11.7. The molecule has 1 aliphatic rings. The van der Waals surface area contributed by atoms with Crippen LogP contribution in [-0.2, 0) is 6.42 Å². The van der Waals surface area contributed by atoms with E-state index in [9.17, 15) is 4.79 Å². The van der Waals surface area contributed by atoms with Crippen LogP contribution >= 0.6 is 27.5 Å². The second-order valence-corrected chi connectivity index (χ2v) is 6.07. The quantitative estimate of drug-likeness (QED) is 0.760. The second-order valence-electron chi connectivity index (χ2n) is 4.71. The van der Waals surface area contributed by atoms with Gasteiger partial charge in [-0.05, 0) is 35.9 Å². The van der Waals surface area contributed by atoms with E-state index in [4.69, 9.17) is 21.1 Å². The number of fused-ring (bicyclic) bond motifs is 1. The molecule has 0 N–H and O–H groups in total. The molecule has 0 unspecified atom stereocenters. The highest BCUT2D eigenvalue weighted by Crippen LogP contribution is 2.36. The van der Waals surface area contributed by atoms with Crippen LogP contribution in [0.5, 0.6) is 11.5 Å². The molecule has 0 amide bonds. The Morgan fingerprint density at radius 3 is 2.86 bits per heavy atom. The minimum Gasteiger partial charge on any atom is -0.496 e. The van der Waals surface area contributed by atoms with Gasteiger partial charge in [0, 0.05) is 15.9 Å². The van der Waals surface area contributed by atoms with Gasteiger partial charge in [0.05, 0.1) is 24.8 Å². The lowest BCUT2D eigenvalue weighted by Gasteiger charge is -2.11. The number of hydrogen-bond acceptors (Lipinski definition) is 3. The molecule has 0 aromatic heterocycles. The molecule has 3 nitrogen and oxygen atoms in total. The van der Waals surface area contributed by atoms with Crippen LogP contribution in [0.2, 0.25) is 5.02 Å². The van der Waals surface area contributed by atoms with Crippen LogP contribution in [0.25, 0.3) is 0 Å². The number of ketones is 1. The summed E-state index contributed by atoms with van der Waals surface area (Å²) in [5.41, 5.74) is 1.99. The van der Waals surface area contributed by atoms with Crippen molar-refractivity contribution in [1.29, 1.82) is 0 Å². The van der Waals surface area contributed by atoms with Crippen LogP contribution in [0.1, 0.15) is 21.5 Å². The summed E-state index contributed by atoms with van der Waals surface area (Å²) >= 11 is 9.45. The van der Waals surface area contributed by atoms with Gasteiger partial charge < -0.3 is 9.47 Å². The van der Waals surface area contributed by atoms with E-state index in [1.54, 1.807) is 24.3 Å². The molecule has 0 saturated heterocycles. The SMILES string of the molecule is COc1ccc(Cl)cc1C(=O)c1cc(Br)cc2c1OCC2. The Kier molecular flexibility index (Phi) is 3.91. The van der Waals surface area contributed by atoms with E-state index < -0.39 is 0 Å². The molecule has 3 rings (SSSR count). The molecule has 5 heteroatoms. The topological polar surface area (TPSA) is 35.5 Å². The monoisotopic (exact) mass is 366 g/mol. The van der Waals surface area contributed by atoms with Crippen LogP contribution in [0.15, 0.2) is 34.8 Å². The molecule has 0 fully saturated rings. The number of ether oxygens (including phenoxy) is 2. The lowest BCUT2D eigenvalue weighted by atomic mass is 9.99. The van der Waals surface area contributed by atoms with Crippen LogP contribution in [-0.4, -0.2) is 19.5 Å². The molecular formula is C16H12BrClO3. The third kappa shape index (κ3) is 2.65. The molecule has 21 heavy (non-hydrogen) atoms. The summed E-state index contributed by atoms with van der Waals surface area (Å²) in [5.74, 6) is 0.996. The van der Waals surface area contributed by atoms with Crippen molar-refractivity contribution < 1.29 is 14.3 Å². The summed E-state index contributed by atoms with van der Waals surface area (Å²) in [4.78, 5) is 12.9. The largest absolute Gasteiger partial charge is 0.496 e. The number of halogens is 2. The van der Waals surface area contributed by atoms with E-state index in [0.717, 1.165) is 16.5 Å². The van der Waals surface area contributed by atoms with Gasteiger partial charge in [0.1, 0.15) is 11.5 Å². The van der Waals surface area contributed by atoms with Crippen molar-refractivity contribution in [1.82, 2.24) is 0 Å². The Balaban J connectivity index is 2.14.